The van der Waals surface area contributed by atoms with Gasteiger partial charge in [-0.3, -0.25) is 0 Å². The summed E-state index contributed by atoms with van der Waals surface area (Å²) in [6.07, 6.45) is 0. The molecule has 0 radical (unpaired) electrons. The molecule has 1 aliphatic rings. The first-order valence-electron chi connectivity index (χ1n) is 4.97. The molecule has 0 atom stereocenters. The number of carbonyl (C=O) groups excluding carboxylic acids is 2. The Kier molecular flexibility index (Phi) is 1.66. The van der Waals surface area contributed by atoms with Crippen molar-refractivity contribution in [2.24, 2.45) is 0 Å². The summed E-state index contributed by atoms with van der Waals surface area (Å²) in [6, 6.07) is 9.23. The van der Waals surface area contributed by atoms with Gasteiger partial charge in [-0.05, 0) is 29.3 Å². The zero-order chi connectivity index (χ0) is 11.3. The van der Waals surface area contributed by atoms with E-state index in [0.717, 1.165) is 16.3 Å². The van der Waals surface area contributed by atoms with Crippen LogP contribution in [0.15, 0.2) is 30.3 Å². The maximum atomic E-state index is 11.6. The van der Waals surface area contributed by atoms with Crippen LogP contribution >= 0.6 is 0 Å². The number of benzene rings is 2. The number of fused-ring (bicyclic) bond motifs is 3. The zero-order valence-corrected chi connectivity index (χ0v) is 8.61. The molecule has 1 aliphatic heterocycles. The molecule has 3 nitrogen and oxygen atoms in total. The second-order valence-electron chi connectivity index (χ2n) is 3.84. The number of aryl methyl sites for hydroxylation is 1. The molecular weight excluding hydrogens is 204 g/mol. The van der Waals surface area contributed by atoms with Crippen molar-refractivity contribution in [3.05, 3.63) is 47.0 Å². The quantitative estimate of drug-likeness (QED) is 0.497. The van der Waals surface area contributed by atoms with E-state index in [1.807, 2.05) is 31.2 Å². The molecule has 1 heterocycles. The van der Waals surface area contributed by atoms with Gasteiger partial charge < -0.3 is 4.74 Å². The molecule has 0 fully saturated rings. The molecule has 78 valence electrons. The molecule has 2 aromatic rings. The topological polar surface area (TPSA) is 43.4 Å². The smallest absolute Gasteiger partial charge is 0.347 e. The van der Waals surface area contributed by atoms with Crippen LogP contribution in [0, 0.1) is 6.92 Å². The summed E-state index contributed by atoms with van der Waals surface area (Å²) in [5, 5.41) is 1.77. The van der Waals surface area contributed by atoms with Crippen LogP contribution in [0.25, 0.3) is 10.8 Å². The maximum absolute atomic E-state index is 11.6. The average Bonchev–Trinajstić information content (AvgIpc) is 2.55. The van der Waals surface area contributed by atoms with Crippen molar-refractivity contribution < 1.29 is 14.3 Å². The van der Waals surface area contributed by atoms with Crippen LogP contribution in [0.5, 0.6) is 0 Å². The summed E-state index contributed by atoms with van der Waals surface area (Å²) >= 11 is 0. The highest BCUT2D eigenvalue weighted by atomic mass is 16.6. The molecule has 0 bridgehead atoms. The number of esters is 2. The molecule has 3 rings (SSSR count). The molecule has 0 amide bonds. The van der Waals surface area contributed by atoms with E-state index < -0.39 is 11.9 Å². The monoisotopic (exact) mass is 212 g/mol. The van der Waals surface area contributed by atoms with Crippen LogP contribution in [0.3, 0.4) is 0 Å². The number of hydrogen-bond donors (Lipinski definition) is 0. The summed E-state index contributed by atoms with van der Waals surface area (Å²) < 4.78 is 4.62. The van der Waals surface area contributed by atoms with E-state index in [2.05, 4.69) is 4.74 Å². The number of ether oxygens (including phenoxy) is 1. The molecule has 3 heteroatoms. The lowest BCUT2D eigenvalue weighted by molar-refractivity contribution is 0.0444. The van der Waals surface area contributed by atoms with Crippen LogP contribution in [-0.2, 0) is 4.74 Å². The first-order chi connectivity index (χ1) is 7.68. The van der Waals surface area contributed by atoms with E-state index in [0.29, 0.717) is 11.1 Å². The van der Waals surface area contributed by atoms with Gasteiger partial charge in [-0.15, -0.1) is 0 Å². The van der Waals surface area contributed by atoms with Gasteiger partial charge >= 0.3 is 11.9 Å². The van der Waals surface area contributed by atoms with Crippen molar-refractivity contribution >= 4 is 22.7 Å². The molecular formula is C13H8O3. The lowest BCUT2D eigenvalue weighted by Crippen LogP contribution is -1.97. The molecule has 0 N–H and O–H groups in total. The minimum absolute atomic E-state index is 0.376. The fraction of sp³-hybridized carbons (Fsp3) is 0.0769. The Hall–Kier alpha value is -2.16. The predicted molar refractivity (Wildman–Crippen MR) is 58.4 cm³/mol. The van der Waals surface area contributed by atoms with Gasteiger partial charge in [0.2, 0.25) is 0 Å². The lowest BCUT2D eigenvalue weighted by Gasteiger charge is -2.04. The van der Waals surface area contributed by atoms with E-state index in [1.54, 1.807) is 6.07 Å². The summed E-state index contributed by atoms with van der Waals surface area (Å²) in [5.74, 6) is -1.09. The molecule has 0 aromatic heterocycles. The second kappa shape index (κ2) is 2.92. The third-order valence-corrected chi connectivity index (χ3v) is 2.86. The van der Waals surface area contributed by atoms with E-state index in [1.165, 1.54) is 0 Å². The second-order valence-corrected chi connectivity index (χ2v) is 3.84. The summed E-state index contributed by atoms with van der Waals surface area (Å²) in [7, 11) is 0. The molecule has 0 aliphatic carbocycles. The Morgan fingerprint density at radius 3 is 2.44 bits per heavy atom. The molecule has 0 saturated carbocycles. The Morgan fingerprint density at radius 2 is 1.69 bits per heavy atom. The summed E-state index contributed by atoms with van der Waals surface area (Å²) in [4.78, 5) is 23.0. The minimum Gasteiger partial charge on any atom is -0.386 e. The van der Waals surface area contributed by atoms with Crippen molar-refractivity contribution in [1.29, 1.82) is 0 Å². The van der Waals surface area contributed by atoms with Crippen LogP contribution < -0.4 is 0 Å². The first-order valence-corrected chi connectivity index (χ1v) is 4.97. The van der Waals surface area contributed by atoms with Crippen molar-refractivity contribution in [2.75, 3.05) is 0 Å². The maximum Gasteiger partial charge on any atom is 0.347 e. The number of rotatable bonds is 0. The van der Waals surface area contributed by atoms with Crippen molar-refractivity contribution in [1.82, 2.24) is 0 Å². The molecule has 0 saturated heterocycles. The van der Waals surface area contributed by atoms with Gasteiger partial charge in [-0.25, -0.2) is 9.59 Å². The van der Waals surface area contributed by atoms with Crippen LogP contribution in [-0.4, -0.2) is 11.9 Å². The SMILES string of the molecule is Cc1cc2c(c3ccccc13)C(=O)OC2=O. The van der Waals surface area contributed by atoms with Crippen molar-refractivity contribution in [3.8, 4) is 0 Å². The lowest BCUT2D eigenvalue weighted by atomic mass is 9.96. The van der Waals surface area contributed by atoms with E-state index in [4.69, 9.17) is 0 Å². The van der Waals surface area contributed by atoms with Gasteiger partial charge in [-0.1, -0.05) is 24.3 Å². The molecule has 0 unspecified atom stereocenters. The van der Waals surface area contributed by atoms with Crippen LogP contribution in [0.2, 0.25) is 0 Å². The third kappa shape index (κ3) is 1.03. The highest BCUT2D eigenvalue weighted by molar-refractivity contribution is 6.21. The van der Waals surface area contributed by atoms with E-state index in [-0.39, 0.29) is 0 Å². The van der Waals surface area contributed by atoms with Gasteiger partial charge in [0.15, 0.2) is 0 Å². The number of carbonyl (C=O) groups is 2. The van der Waals surface area contributed by atoms with Crippen LogP contribution in [0.1, 0.15) is 26.3 Å². The van der Waals surface area contributed by atoms with Gasteiger partial charge in [0, 0.05) is 0 Å². The number of cyclic esters (lactones) is 2. The van der Waals surface area contributed by atoms with E-state index in [9.17, 15) is 9.59 Å². The fourth-order valence-electron chi connectivity index (χ4n) is 2.13. The van der Waals surface area contributed by atoms with E-state index >= 15 is 0 Å². The van der Waals surface area contributed by atoms with Gasteiger partial charge in [0.05, 0.1) is 11.1 Å². The average molecular weight is 212 g/mol. The van der Waals surface area contributed by atoms with Gasteiger partial charge in [0.25, 0.3) is 0 Å². The first kappa shape index (κ1) is 9.09. The normalized spacial score (nSPS) is 14.1. The Labute approximate surface area is 91.6 Å². The van der Waals surface area contributed by atoms with Crippen molar-refractivity contribution in [3.63, 3.8) is 0 Å². The molecule has 2 aromatic carbocycles. The summed E-state index contributed by atoms with van der Waals surface area (Å²) in [6.45, 7) is 1.92. The number of hydrogen-bond acceptors (Lipinski definition) is 3. The van der Waals surface area contributed by atoms with Crippen molar-refractivity contribution in [2.45, 2.75) is 6.92 Å². The Morgan fingerprint density at radius 1 is 1.00 bits per heavy atom. The highest BCUT2D eigenvalue weighted by Gasteiger charge is 2.31. The third-order valence-electron chi connectivity index (χ3n) is 2.86. The molecule has 16 heavy (non-hydrogen) atoms. The predicted octanol–water partition coefficient (Wildman–Crippen LogP) is 2.46. The van der Waals surface area contributed by atoms with Crippen LogP contribution in [0.4, 0.5) is 0 Å². The van der Waals surface area contributed by atoms with Gasteiger partial charge in [-0.2, -0.15) is 0 Å². The van der Waals surface area contributed by atoms with Gasteiger partial charge in [0.1, 0.15) is 0 Å². The largest absolute Gasteiger partial charge is 0.386 e. The molecule has 0 spiro atoms. The Balaban J connectivity index is 2.53. The fourth-order valence-corrected chi connectivity index (χ4v) is 2.13. The minimum atomic E-state index is -0.547. The highest BCUT2D eigenvalue weighted by Crippen LogP contribution is 2.30. The Bertz CT molecular complexity index is 641. The summed E-state index contributed by atoms with van der Waals surface area (Å²) in [5.41, 5.74) is 1.74. The standard InChI is InChI=1S/C13H8O3/c1-7-6-10-11(13(15)16-12(10)14)9-5-3-2-4-8(7)9/h2-6H,1H3. The zero-order valence-electron chi connectivity index (χ0n) is 8.61.